The fourth-order valence-corrected chi connectivity index (χ4v) is 1.86. The summed E-state index contributed by atoms with van der Waals surface area (Å²) >= 11 is 0. The number of hydrogen-bond donors (Lipinski definition) is 1. The van der Waals surface area contributed by atoms with Crippen LogP contribution in [0.2, 0.25) is 0 Å². The molecule has 0 amide bonds. The van der Waals surface area contributed by atoms with Crippen molar-refractivity contribution < 1.29 is 14.6 Å². The molecule has 0 aromatic rings. The Hall–Kier alpha value is -0.870. The molecule has 1 saturated heterocycles. The highest BCUT2D eigenvalue weighted by atomic mass is 16.5. The summed E-state index contributed by atoms with van der Waals surface area (Å²) in [7, 11) is 0. The summed E-state index contributed by atoms with van der Waals surface area (Å²) in [6, 6.07) is 0.0913. The Labute approximate surface area is 96.9 Å². The van der Waals surface area contributed by atoms with Gasteiger partial charge in [0.1, 0.15) is 5.72 Å². The zero-order valence-corrected chi connectivity index (χ0v) is 10.5. The highest BCUT2D eigenvalue weighted by molar-refractivity contribution is 5.73. The molecule has 1 rings (SSSR count). The van der Waals surface area contributed by atoms with Crippen molar-refractivity contribution in [1.29, 1.82) is 0 Å². The van der Waals surface area contributed by atoms with Gasteiger partial charge in [0.15, 0.2) is 0 Å². The third-order valence-corrected chi connectivity index (χ3v) is 3.12. The number of carbonyl (C=O) groups is 1. The summed E-state index contributed by atoms with van der Waals surface area (Å²) < 4.78 is 5.64. The zero-order chi connectivity index (χ0) is 12.6. The van der Waals surface area contributed by atoms with E-state index in [0.29, 0.717) is 13.2 Å². The molecule has 1 N–H and O–H groups in total. The van der Waals surface area contributed by atoms with Gasteiger partial charge in [-0.15, -0.1) is 6.58 Å². The second-order valence-corrected chi connectivity index (χ2v) is 5.38. The Balaban J connectivity index is 2.85. The number of hydrogen-bond acceptors (Lipinski definition) is 3. The molecule has 0 saturated carbocycles. The second-order valence-electron chi connectivity index (χ2n) is 5.38. The first-order chi connectivity index (χ1) is 7.20. The van der Waals surface area contributed by atoms with Crippen LogP contribution in [0.15, 0.2) is 12.7 Å². The minimum atomic E-state index is -0.794. The fourth-order valence-electron chi connectivity index (χ4n) is 1.86. The Morgan fingerprint density at radius 2 is 2.25 bits per heavy atom. The number of rotatable bonds is 4. The normalized spacial score (nSPS) is 25.6. The van der Waals surface area contributed by atoms with E-state index in [4.69, 9.17) is 9.84 Å². The second kappa shape index (κ2) is 4.18. The molecule has 0 spiro atoms. The number of aliphatic carboxylic acids is 1. The van der Waals surface area contributed by atoms with Gasteiger partial charge in [-0.25, -0.2) is 0 Å². The van der Waals surface area contributed by atoms with Gasteiger partial charge in [0, 0.05) is 6.54 Å². The lowest BCUT2D eigenvalue weighted by atomic mass is 9.91. The van der Waals surface area contributed by atoms with Crippen LogP contribution >= 0.6 is 0 Å². The molecule has 1 fully saturated rings. The molecular formula is C12H21NO3. The van der Waals surface area contributed by atoms with Crippen molar-refractivity contribution in [3.8, 4) is 0 Å². The van der Waals surface area contributed by atoms with E-state index in [2.05, 4.69) is 6.58 Å². The standard InChI is InChI=1S/C12H21NO3/c1-6-9-7-16-12(4,5)13(9)8-11(2,3)10(14)15/h6,9H,1,7-8H2,2-5H3,(H,14,15)/t9-/m1/s1. The fraction of sp³-hybridized carbons (Fsp3) is 0.750. The third-order valence-electron chi connectivity index (χ3n) is 3.12. The first kappa shape index (κ1) is 13.2. The van der Waals surface area contributed by atoms with Gasteiger partial charge in [0.05, 0.1) is 18.1 Å². The van der Waals surface area contributed by atoms with E-state index < -0.39 is 17.1 Å². The van der Waals surface area contributed by atoms with E-state index >= 15 is 0 Å². The average molecular weight is 227 g/mol. The van der Waals surface area contributed by atoms with Crippen LogP contribution in [-0.2, 0) is 9.53 Å². The Kier molecular flexibility index (Phi) is 3.45. The number of nitrogens with zero attached hydrogens (tertiary/aromatic N) is 1. The van der Waals surface area contributed by atoms with Crippen LogP contribution < -0.4 is 0 Å². The molecule has 1 aliphatic heterocycles. The monoisotopic (exact) mass is 227 g/mol. The van der Waals surface area contributed by atoms with Crippen molar-refractivity contribution >= 4 is 5.97 Å². The van der Waals surface area contributed by atoms with Crippen LogP contribution in [0.4, 0.5) is 0 Å². The van der Waals surface area contributed by atoms with Gasteiger partial charge in [-0.05, 0) is 27.7 Å². The summed E-state index contributed by atoms with van der Waals surface area (Å²) in [5.41, 5.74) is -1.21. The molecule has 1 atom stereocenters. The van der Waals surface area contributed by atoms with Gasteiger partial charge in [-0.3, -0.25) is 9.69 Å². The van der Waals surface area contributed by atoms with Crippen LogP contribution in [-0.4, -0.2) is 40.9 Å². The molecule has 92 valence electrons. The molecule has 4 heteroatoms. The molecule has 1 aliphatic rings. The molecule has 0 unspecified atom stereocenters. The summed E-state index contributed by atoms with van der Waals surface area (Å²) in [6.07, 6.45) is 1.81. The van der Waals surface area contributed by atoms with Crippen molar-refractivity contribution in [3.05, 3.63) is 12.7 Å². The first-order valence-corrected chi connectivity index (χ1v) is 5.47. The van der Waals surface area contributed by atoms with Gasteiger partial charge in [-0.1, -0.05) is 6.08 Å². The number of ether oxygens (including phenoxy) is 1. The lowest BCUT2D eigenvalue weighted by molar-refractivity contribution is -0.150. The van der Waals surface area contributed by atoms with Gasteiger partial charge in [-0.2, -0.15) is 0 Å². The van der Waals surface area contributed by atoms with Crippen molar-refractivity contribution in [2.45, 2.75) is 39.5 Å². The van der Waals surface area contributed by atoms with Gasteiger partial charge in [0.2, 0.25) is 0 Å². The summed E-state index contributed by atoms with van der Waals surface area (Å²) in [6.45, 7) is 12.1. The van der Waals surface area contributed by atoms with Crippen LogP contribution in [0.25, 0.3) is 0 Å². The molecule has 4 nitrogen and oxygen atoms in total. The van der Waals surface area contributed by atoms with Crippen LogP contribution in [0.3, 0.4) is 0 Å². The van der Waals surface area contributed by atoms with Crippen LogP contribution in [0, 0.1) is 5.41 Å². The SMILES string of the molecule is C=C[C@@H]1COC(C)(C)N1CC(C)(C)C(=O)O. The van der Waals surface area contributed by atoms with E-state index in [0.717, 1.165) is 0 Å². The lowest BCUT2D eigenvalue weighted by Crippen LogP contribution is -2.49. The summed E-state index contributed by atoms with van der Waals surface area (Å²) in [4.78, 5) is 13.2. The molecule has 0 radical (unpaired) electrons. The maximum atomic E-state index is 11.1. The molecular weight excluding hydrogens is 206 g/mol. The smallest absolute Gasteiger partial charge is 0.310 e. The number of carboxylic acids is 1. The molecule has 0 bridgehead atoms. The maximum Gasteiger partial charge on any atom is 0.310 e. The van der Waals surface area contributed by atoms with E-state index in [1.54, 1.807) is 13.8 Å². The van der Waals surface area contributed by atoms with Crippen LogP contribution in [0.5, 0.6) is 0 Å². The van der Waals surface area contributed by atoms with Gasteiger partial charge in [0.25, 0.3) is 0 Å². The molecule has 0 aromatic carbocycles. The summed E-state index contributed by atoms with van der Waals surface area (Å²) in [5, 5.41) is 9.14. The van der Waals surface area contributed by atoms with Gasteiger partial charge < -0.3 is 9.84 Å². The molecule has 1 heterocycles. The van der Waals surface area contributed by atoms with E-state index in [-0.39, 0.29) is 6.04 Å². The minimum Gasteiger partial charge on any atom is -0.481 e. The maximum absolute atomic E-state index is 11.1. The molecule has 16 heavy (non-hydrogen) atoms. The highest BCUT2D eigenvalue weighted by Gasteiger charge is 2.43. The van der Waals surface area contributed by atoms with E-state index in [9.17, 15) is 4.79 Å². The molecule has 0 aromatic heterocycles. The van der Waals surface area contributed by atoms with Crippen LogP contribution in [0.1, 0.15) is 27.7 Å². The van der Waals surface area contributed by atoms with Gasteiger partial charge >= 0.3 is 5.97 Å². The Bertz CT molecular complexity index is 297. The minimum absolute atomic E-state index is 0.0913. The predicted molar refractivity (Wildman–Crippen MR) is 62.1 cm³/mol. The number of carboxylic acid groups (broad SMARTS) is 1. The Morgan fingerprint density at radius 3 is 2.69 bits per heavy atom. The molecule has 0 aliphatic carbocycles. The van der Waals surface area contributed by atoms with E-state index in [1.165, 1.54) is 0 Å². The predicted octanol–water partition coefficient (Wildman–Crippen LogP) is 1.72. The van der Waals surface area contributed by atoms with Crippen molar-refractivity contribution in [1.82, 2.24) is 4.90 Å². The van der Waals surface area contributed by atoms with E-state index in [1.807, 2.05) is 24.8 Å². The Morgan fingerprint density at radius 1 is 1.69 bits per heavy atom. The topological polar surface area (TPSA) is 49.8 Å². The average Bonchev–Trinajstić information content (AvgIpc) is 2.42. The quantitative estimate of drug-likeness (QED) is 0.743. The third kappa shape index (κ3) is 2.44. The summed E-state index contributed by atoms with van der Waals surface area (Å²) in [5.74, 6) is -0.794. The zero-order valence-electron chi connectivity index (χ0n) is 10.5. The largest absolute Gasteiger partial charge is 0.481 e. The lowest BCUT2D eigenvalue weighted by Gasteiger charge is -2.37. The first-order valence-electron chi connectivity index (χ1n) is 5.47. The van der Waals surface area contributed by atoms with Crippen molar-refractivity contribution in [2.24, 2.45) is 5.41 Å². The highest BCUT2D eigenvalue weighted by Crippen LogP contribution is 2.31. The van der Waals surface area contributed by atoms with Crippen molar-refractivity contribution in [2.75, 3.05) is 13.2 Å². The van der Waals surface area contributed by atoms with Crippen molar-refractivity contribution in [3.63, 3.8) is 0 Å².